The molecule has 0 spiro atoms. The molecule has 1 aliphatic heterocycles. The molecule has 2 aromatic heterocycles. The zero-order valence-electron chi connectivity index (χ0n) is 15.8. The molecule has 2 aromatic rings. The molecular formula is C21H23FN6. The summed E-state index contributed by atoms with van der Waals surface area (Å²) in [6.45, 7) is 1.68. The summed E-state index contributed by atoms with van der Waals surface area (Å²) in [4.78, 5) is 11.4. The van der Waals surface area contributed by atoms with Gasteiger partial charge in [-0.2, -0.15) is 5.26 Å². The average Bonchev–Trinajstić information content (AvgIpc) is 3.16. The maximum Gasteiger partial charge on any atom is 0.141 e. The minimum atomic E-state index is -0.619. The van der Waals surface area contributed by atoms with Crippen LogP contribution in [0.3, 0.4) is 0 Å². The van der Waals surface area contributed by atoms with Crippen LogP contribution in [0.2, 0.25) is 0 Å². The van der Waals surface area contributed by atoms with Gasteiger partial charge in [0, 0.05) is 35.0 Å². The van der Waals surface area contributed by atoms with Crippen LogP contribution in [0.1, 0.15) is 44.6 Å². The second kappa shape index (κ2) is 6.71. The number of aromatic nitrogens is 3. The van der Waals surface area contributed by atoms with Crippen LogP contribution in [0.5, 0.6) is 0 Å². The third kappa shape index (κ3) is 2.71. The smallest absolute Gasteiger partial charge is 0.141 e. The van der Waals surface area contributed by atoms with Gasteiger partial charge in [-0.15, -0.1) is 0 Å². The van der Waals surface area contributed by atoms with Gasteiger partial charge in [-0.05, 0) is 38.0 Å². The summed E-state index contributed by atoms with van der Waals surface area (Å²) in [7, 11) is 0. The number of hydrogen-bond acceptors (Lipinski definition) is 5. The van der Waals surface area contributed by atoms with Gasteiger partial charge in [0.05, 0.1) is 11.3 Å². The Hall–Kier alpha value is -2.72. The van der Waals surface area contributed by atoms with Gasteiger partial charge in [-0.25, -0.2) is 14.4 Å². The quantitative estimate of drug-likeness (QED) is 0.760. The molecule has 7 heteroatoms. The first-order valence-corrected chi connectivity index (χ1v) is 9.96. The van der Waals surface area contributed by atoms with Crippen molar-refractivity contribution in [1.82, 2.24) is 25.6 Å². The second-order valence-corrected chi connectivity index (χ2v) is 8.19. The van der Waals surface area contributed by atoms with Crippen molar-refractivity contribution in [2.45, 2.75) is 51.2 Å². The molecule has 0 amide bonds. The van der Waals surface area contributed by atoms with Gasteiger partial charge in [0.25, 0.3) is 0 Å². The molecule has 3 saturated carbocycles. The van der Waals surface area contributed by atoms with Gasteiger partial charge in [-0.3, -0.25) is 5.32 Å². The molecule has 2 bridgehead atoms. The van der Waals surface area contributed by atoms with Gasteiger partial charge < -0.3 is 10.3 Å². The number of nitrogens with zero attached hydrogens (tertiary/aromatic N) is 3. The van der Waals surface area contributed by atoms with Crippen LogP contribution in [-0.2, 0) is 0 Å². The lowest BCUT2D eigenvalue weighted by Gasteiger charge is -2.44. The van der Waals surface area contributed by atoms with E-state index in [1.807, 2.05) is 0 Å². The highest BCUT2D eigenvalue weighted by Crippen LogP contribution is 2.42. The molecule has 4 aliphatic rings. The predicted molar refractivity (Wildman–Crippen MR) is 104 cm³/mol. The summed E-state index contributed by atoms with van der Waals surface area (Å²) < 4.78 is 15.1. The van der Waals surface area contributed by atoms with E-state index in [9.17, 15) is 5.26 Å². The number of nitriles is 1. The monoisotopic (exact) mass is 378 g/mol. The zero-order valence-corrected chi connectivity index (χ0v) is 15.8. The van der Waals surface area contributed by atoms with Crippen molar-refractivity contribution in [2.75, 3.05) is 0 Å². The summed E-state index contributed by atoms with van der Waals surface area (Å²) in [5.41, 5.74) is 2.82. The van der Waals surface area contributed by atoms with Crippen LogP contribution in [0.4, 0.5) is 4.39 Å². The molecule has 3 N–H and O–H groups in total. The van der Waals surface area contributed by atoms with Crippen LogP contribution in [-0.4, -0.2) is 27.2 Å². The fourth-order valence-corrected chi connectivity index (χ4v) is 5.13. The van der Waals surface area contributed by atoms with E-state index in [1.54, 1.807) is 19.3 Å². The zero-order chi connectivity index (χ0) is 19.3. The highest BCUT2D eigenvalue weighted by molar-refractivity contribution is 5.92. The second-order valence-electron chi connectivity index (χ2n) is 8.19. The van der Waals surface area contributed by atoms with E-state index in [0.29, 0.717) is 34.5 Å². The van der Waals surface area contributed by atoms with Crippen molar-refractivity contribution >= 4 is 16.7 Å². The summed E-state index contributed by atoms with van der Waals surface area (Å²) >= 11 is 0. The number of hydrogen-bond donors (Lipinski definition) is 3. The molecule has 2 unspecified atom stereocenters. The third-order valence-corrected chi connectivity index (χ3v) is 6.69. The Morgan fingerprint density at radius 1 is 1.29 bits per heavy atom. The van der Waals surface area contributed by atoms with Gasteiger partial charge >= 0.3 is 0 Å². The van der Waals surface area contributed by atoms with Crippen LogP contribution >= 0.6 is 0 Å². The Labute approximate surface area is 162 Å². The van der Waals surface area contributed by atoms with Crippen LogP contribution < -0.4 is 10.6 Å². The molecule has 0 radical (unpaired) electrons. The molecular weight excluding hydrogens is 355 g/mol. The number of halogens is 1. The largest absolute Gasteiger partial charge is 0.362 e. The standard InChI is InChI=1S/C21H23FN6/c1-11-14(7-23)19(15-9-25-20-16(15)8-24-10-26-20)28-21(18(11)22)27-17-6-12-2-4-13(17)5-3-12/h8-10,12-13,17,21,27-28H,2-6H2,1H3,(H,24,25,26). The van der Waals surface area contributed by atoms with E-state index in [1.165, 1.54) is 32.0 Å². The van der Waals surface area contributed by atoms with Gasteiger partial charge in [-0.1, -0.05) is 12.8 Å². The molecule has 28 heavy (non-hydrogen) atoms. The molecule has 6 nitrogen and oxygen atoms in total. The minimum absolute atomic E-state index is 0.294. The first kappa shape index (κ1) is 17.4. The number of allylic oxidation sites excluding steroid dienone is 2. The lowest BCUT2D eigenvalue weighted by Crippen LogP contribution is -2.54. The molecule has 3 heterocycles. The number of aromatic amines is 1. The van der Waals surface area contributed by atoms with Crippen molar-refractivity contribution in [3.63, 3.8) is 0 Å². The van der Waals surface area contributed by atoms with E-state index in [4.69, 9.17) is 0 Å². The topological polar surface area (TPSA) is 89.4 Å². The predicted octanol–water partition coefficient (Wildman–Crippen LogP) is 3.53. The number of dihydropyridines is 1. The Bertz CT molecular complexity index is 1020. The summed E-state index contributed by atoms with van der Waals surface area (Å²) in [5, 5.41) is 17.3. The Balaban J connectivity index is 1.50. The molecule has 144 valence electrons. The number of fused-ring (bicyclic) bond motifs is 4. The van der Waals surface area contributed by atoms with Crippen LogP contribution in [0.25, 0.3) is 16.7 Å². The average molecular weight is 378 g/mol. The van der Waals surface area contributed by atoms with Gasteiger partial charge in [0.2, 0.25) is 0 Å². The number of H-pyrrole nitrogens is 1. The Morgan fingerprint density at radius 3 is 2.82 bits per heavy atom. The summed E-state index contributed by atoms with van der Waals surface area (Å²) in [6.07, 6.45) is 10.5. The maximum atomic E-state index is 15.1. The number of rotatable bonds is 3. The molecule has 0 saturated heterocycles. The minimum Gasteiger partial charge on any atom is -0.362 e. The van der Waals surface area contributed by atoms with E-state index < -0.39 is 6.17 Å². The Morgan fingerprint density at radius 2 is 2.11 bits per heavy atom. The molecule has 3 fully saturated rings. The highest BCUT2D eigenvalue weighted by Gasteiger charge is 2.38. The summed E-state index contributed by atoms with van der Waals surface area (Å²) in [5.74, 6) is 1.08. The van der Waals surface area contributed by atoms with Gasteiger partial charge in [0.15, 0.2) is 0 Å². The Kier molecular flexibility index (Phi) is 4.17. The van der Waals surface area contributed by atoms with Crippen molar-refractivity contribution < 1.29 is 4.39 Å². The normalized spacial score (nSPS) is 29.9. The van der Waals surface area contributed by atoms with Crippen molar-refractivity contribution in [3.8, 4) is 6.07 Å². The van der Waals surface area contributed by atoms with Crippen molar-refractivity contribution in [1.29, 1.82) is 5.26 Å². The molecule has 0 aromatic carbocycles. The van der Waals surface area contributed by atoms with Gasteiger partial charge in [0.1, 0.15) is 30.0 Å². The van der Waals surface area contributed by atoms with Crippen LogP contribution in [0, 0.1) is 23.2 Å². The lowest BCUT2D eigenvalue weighted by atomic mass is 9.68. The van der Waals surface area contributed by atoms with Crippen LogP contribution in [0.15, 0.2) is 35.7 Å². The number of nitrogens with one attached hydrogen (secondary N) is 3. The molecule has 2 atom stereocenters. The highest BCUT2D eigenvalue weighted by atomic mass is 19.1. The van der Waals surface area contributed by atoms with Crippen molar-refractivity contribution in [2.24, 2.45) is 11.8 Å². The first-order valence-electron chi connectivity index (χ1n) is 9.96. The molecule has 3 aliphatic carbocycles. The third-order valence-electron chi connectivity index (χ3n) is 6.69. The van der Waals surface area contributed by atoms with Crippen molar-refractivity contribution in [3.05, 3.63) is 41.3 Å². The fraction of sp³-hybridized carbons (Fsp3) is 0.476. The van der Waals surface area contributed by atoms with E-state index in [2.05, 4.69) is 31.7 Å². The van der Waals surface area contributed by atoms with E-state index >= 15 is 4.39 Å². The van der Waals surface area contributed by atoms with E-state index in [-0.39, 0.29) is 5.83 Å². The molecule has 6 rings (SSSR count). The fourth-order valence-electron chi connectivity index (χ4n) is 5.13. The summed E-state index contributed by atoms with van der Waals surface area (Å²) in [6, 6.07) is 2.49. The first-order chi connectivity index (χ1) is 13.7. The maximum absolute atomic E-state index is 15.1. The lowest BCUT2D eigenvalue weighted by molar-refractivity contribution is 0.114. The van der Waals surface area contributed by atoms with E-state index in [0.717, 1.165) is 23.3 Å². The SMILES string of the molecule is CC1=C(F)C(NC2CC3CCC2CC3)NC(c2c[nH]c3ncncc23)=C1C#N.